The highest BCUT2D eigenvalue weighted by molar-refractivity contribution is 5.14. The van der Waals surface area contributed by atoms with Crippen molar-refractivity contribution < 1.29 is 47.7 Å². The number of aryl methyl sites for hydroxylation is 1. The predicted molar refractivity (Wildman–Crippen MR) is 172 cm³/mol. The highest BCUT2D eigenvalue weighted by Crippen LogP contribution is 2.11. The lowest BCUT2D eigenvalue weighted by atomic mass is 10.0. The molecule has 1 aromatic carbocycles. The van der Waals surface area contributed by atoms with E-state index in [-0.39, 0.29) is 6.61 Å². The third-order valence-electron chi connectivity index (χ3n) is 6.56. The summed E-state index contributed by atoms with van der Waals surface area (Å²) >= 11 is 0. The van der Waals surface area contributed by atoms with E-state index < -0.39 is 0 Å². The molecule has 0 radical (unpaired) electrons. The van der Waals surface area contributed by atoms with Crippen LogP contribution in [0.1, 0.15) is 56.9 Å². The van der Waals surface area contributed by atoms with Crippen molar-refractivity contribution in [2.45, 2.75) is 57.8 Å². The molecule has 10 nitrogen and oxygen atoms in total. The van der Waals surface area contributed by atoms with Crippen molar-refractivity contribution in [2.75, 3.05) is 126 Å². The number of unbranched alkanes of at least 4 members (excludes halogenated alkanes) is 7. The Morgan fingerprint density at radius 2 is 0.614 bits per heavy atom. The molecule has 1 rings (SSSR count). The second-order valence-electron chi connectivity index (χ2n) is 10.3. The lowest BCUT2D eigenvalue weighted by Crippen LogP contribution is -2.15. The summed E-state index contributed by atoms with van der Waals surface area (Å²) in [5.41, 5.74) is 1.46. The predicted octanol–water partition coefficient (Wildman–Crippen LogP) is 4.49. The van der Waals surface area contributed by atoms with Gasteiger partial charge in [0.25, 0.3) is 0 Å². The van der Waals surface area contributed by atoms with Crippen molar-refractivity contribution in [1.82, 2.24) is 0 Å². The fourth-order valence-corrected chi connectivity index (χ4v) is 4.16. The molecule has 0 heterocycles. The van der Waals surface area contributed by atoms with Crippen LogP contribution in [0.2, 0.25) is 0 Å². The molecule has 0 aromatic heterocycles. The summed E-state index contributed by atoms with van der Waals surface area (Å²) in [6.45, 7) is 9.78. The molecule has 0 fully saturated rings. The zero-order valence-electron chi connectivity index (χ0n) is 27.3. The van der Waals surface area contributed by atoms with Crippen LogP contribution in [0.5, 0.6) is 0 Å². The van der Waals surface area contributed by atoms with E-state index in [1.807, 2.05) is 0 Å². The monoisotopic (exact) mass is 630 g/mol. The van der Waals surface area contributed by atoms with Crippen molar-refractivity contribution in [2.24, 2.45) is 0 Å². The quantitative estimate of drug-likeness (QED) is 0.106. The fourth-order valence-electron chi connectivity index (χ4n) is 4.16. The van der Waals surface area contributed by atoms with E-state index in [0.29, 0.717) is 112 Å². The van der Waals surface area contributed by atoms with E-state index >= 15 is 0 Å². The molecule has 0 aliphatic heterocycles. The number of rotatable bonds is 37. The van der Waals surface area contributed by atoms with E-state index in [4.69, 9.17) is 47.7 Å². The maximum absolute atomic E-state index is 8.58. The Hall–Kier alpha value is -1.18. The molecule has 0 spiro atoms. The highest BCUT2D eigenvalue weighted by atomic mass is 16.6. The summed E-state index contributed by atoms with van der Waals surface area (Å²) in [7, 11) is 0. The summed E-state index contributed by atoms with van der Waals surface area (Å²) in [5.74, 6) is 0. The van der Waals surface area contributed by atoms with Crippen molar-refractivity contribution in [3.05, 3.63) is 35.9 Å². The Bertz CT molecular complexity index is 652. The van der Waals surface area contributed by atoms with Crippen molar-refractivity contribution in [1.29, 1.82) is 0 Å². The average molecular weight is 631 g/mol. The average Bonchev–Trinajstić information content (AvgIpc) is 3.05. The van der Waals surface area contributed by atoms with Crippen molar-refractivity contribution in [3.8, 4) is 0 Å². The van der Waals surface area contributed by atoms with Gasteiger partial charge in [-0.25, -0.2) is 0 Å². The van der Waals surface area contributed by atoms with Crippen LogP contribution in [0.25, 0.3) is 0 Å². The Labute approximate surface area is 266 Å². The molecule has 0 bridgehead atoms. The molecule has 0 amide bonds. The normalized spacial score (nSPS) is 11.5. The first-order valence-corrected chi connectivity index (χ1v) is 16.8. The standard InChI is InChI=1S/C34H62O10/c35-15-17-37-19-21-39-23-25-41-27-29-43-31-33-44-32-30-42-28-26-40-24-22-38-20-18-36-16-11-6-4-2-1-3-5-8-12-34-13-9-7-10-14-34/h7,9-10,13-14,35H,1-6,8,11-12,15-33H2. The van der Waals surface area contributed by atoms with Gasteiger partial charge in [0.05, 0.1) is 119 Å². The molecule has 10 heteroatoms. The van der Waals surface area contributed by atoms with E-state index in [9.17, 15) is 0 Å². The Morgan fingerprint density at radius 3 is 0.977 bits per heavy atom. The van der Waals surface area contributed by atoms with Gasteiger partial charge in [0.15, 0.2) is 0 Å². The van der Waals surface area contributed by atoms with Gasteiger partial charge in [-0.05, 0) is 24.8 Å². The summed E-state index contributed by atoms with van der Waals surface area (Å²) in [4.78, 5) is 0. The molecular formula is C34H62O10. The largest absolute Gasteiger partial charge is 0.394 e. The Kier molecular flexibility index (Phi) is 33.7. The van der Waals surface area contributed by atoms with E-state index in [1.54, 1.807) is 0 Å². The van der Waals surface area contributed by atoms with Crippen molar-refractivity contribution in [3.63, 3.8) is 0 Å². The number of benzene rings is 1. The maximum atomic E-state index is 8.58. The number of aliphatic hydroxyl groups is 1. The van der Waals surface area contributed by atoms with E-state index in [0.717, 1.165) is 13.0 Å². The highest BCUT2D eigenvalue weighted by Gasteiger charge is 1.97. The maximum Gasteiger partial charge on any atom is 0.0701 e. The molecule has 1 N–H and O–H groups in total. The van der Waals surface area contributed by atoms with Gasteiger partial charge >= 0.3 is 0 Å². The van der Waals surface area contributed by atoms with Gasteiger partial charge in [-0.1, -0.05) is 68.9 Å². The Morgan fingerprint density at radius 1 is 0.318 bits per heavy atom. The van der Waals surface area contributed by atoms with Gasteiger partial charge in [-0.2, -0.15) is 0 Å². The van der Waals surface area contributed by atoms with Crippen LogP contribution in [0.3, 0.4) is 0 Å². The third-order valence-corrected chi connectivity index (χ3v) is 6.56. The first kappa shape index (κ1) is 40.8. The summed E-state index contributed by atoms with van der Waals surface area (Å²) in [5, 5.41) is 8.58. The summed E-state index contributed by atoms with van der Waals surface area (Å²) in [6, 6.07) is 10.8. The number of aliphatic hydroxyl groups excluding tert-OH is 1. The second-order valence-corrected chi connectivity index (χ2v) is 10.3. The molecule has 0 unspecified atom stereocenters. The van der Waals surface area contributed by atoms with Crippen molar-refractivity contribution >= 4 is 0 Å². The Balaban J connectivity index is 1.61. The lowest BCUT2D eigenvalue weighted by Gasteiger charge is -2.09. The summed E-state index contributed by atoms with van der Waals surface area (Å²) in [6.07, 6.45) is 11.6. The minimum atomic E-state index is 0.0311. The number of ether oxygens (including phenoxy) is 9. The SMILES string of the molecule is OCCOCCOCCOCCOCCOCCOCCOCCOCCOCCCCCCCCCCc1ccccc1. The van der Waals surface area contributed by atoms with E-state index in [2.05, 4.69) is 30.3 Å². The molecular weight excluding hydrogens is 568 g/mol. The van der Waals surface area contributed by atoms with Crippen LogP contribution in [0, 0.1) is 0 Å². The van der Waals surface area contributed by atoms with Gasteiger partial charge in [0, 0.05) is 6.61 Å². The number of hydrogen-bond donors (Lipinski definition) is 1. The summed E-state index contributed by atoms with van der Waals surface area (Å²) < 4.78 is 49.0. The number of hydrogen-bond acceptors (Lipinski definition) is 10. The molecule has 258 valence electrons. The van der Waals surface area contributed by atoms with Gasteiger partial charge in [-0.15, -0.1) is 0 Å². The first-order valence-electron chi connectivity index (χ1n) is 16.8. The van der Waals surface area contributed by atoms with Crippen LogP contribution in [-0.2, 0) is 49.1 Å². The molecule has 0 saturated heterocycles. The topological polar surface area (TPSA) is 103 Å². The van der Waals surface area contributed by atoms with Crippen LogP contribution in [0.15, 0.2) is 30.3 Å². The third kappa shape index (κ3) is 32.2. The fraction of sp³-hybridized carbons (Fsp3) is 0.824. The van der Waals surface area contributed by atoms with E-state index in [1.165, 1.54) is 56.9 Å². The molecule has 44 heavy (non-hydrogen) atoms. The molecule has 0 aliphatic carbocycles. The van der Waals surface area contributed by atoms with Gasteiger partial charge in [0.2, 0.25) is 0 Å². The van der Waals surface area contributed by atoms with Gasteiger partial charge in [-0.3, -0.25) is 0 Å². The smallest absolute Gasteiger partial charge is 0.0701 e. The van der Waals surface area contributed by atoms with Crippen LogP contribution in [0.4, 0.5) is 0 Å². The molecule has 0 aliphatic rings. The molecule has 0 atom stereocenters. The first-order chi connectivity index (χ1) is 21.9. The van der Waals surface area contributed by atoms with Gasteiger partial charge < -0.3 is 47.7 Å². The minimum Gasteiger partial charge on any atom is -0.394 e. The van der Waals surface area contributed by atoms with Crippen LogP contribution in [-0.4, -0.2) is 131 Å². The van der Waals surface area contributed by atoms with Gasteiger partial charge in [0.1, 0.15) is 0 Å². The second kappa shape index (κ2) is 36.3. The van der Waals surface area contributed by atoms with Crippen LogP contribution >= 0.6 is 0 Å². The van der Waals surface area contributed by atoms with Crippen LogP contribution < -0.4 is 0 Å². The zero-order valence-corrected chi connectivity index (χ0v) is 27.3. The lowest BCUT2D eigenvalue weighted by molar-refractivity contribution is -0.0255. The molecule has 0 saturated carbocycles. The minimum absolute atomic E-state index is 0.0311. The molecule has 1 aromatic rings. The zero-order chi connectivity index (χ0) is 31.3.